The van der Waals surface area contributed by atoms with Gasteiger partial charge in [-0.2, -0.15) is 0 Å². The summed E-state index contributed by atoms with van der Waals surface area (Å²) in [5, 5.41) is 80.3. The summed E-state index contributed by atoms with van der Waals surface area (Å²) in [6.07, 6.45) is -6.36. The van der Waals surface area contributed by atoms with E-state index in [9.17, 15) is 50.4 Å². The lowest BCUT2D eigenvalue weighted by molar-refractivity contribution is -0.315. The summed E-state index contributed by atoms with van der Waals surface area (Å²) in [7, 11) is 0. The van der Waals surface area contributed by atoms with Gasteiger partial charge in [-0.3, -0.25) is 9.59 Å². The van der Waals surface area contributed by atoms with Crippen molar-refractivity contribution in [1.29, 1.82) is 0 Å². The summed E-state index contributed by atoms with van der Waals surface area (Å²) in [6, 6.07) is 0. The highest BCUT2D eigenvalue weighted by molar-refractivity contribution is 5.83. The summed E-state index contributed by atoms with van der Waals surface area (Å²) in [4.78, 5) is 27.7. The molecule has 6 aliphatic rings. The maximum absolute atomic E-state index is 14.0. The zero-order valence-corrected chi connectivity index (χ0v) is 31.6. The fraction of sp³-hybridized carbons (Fsp3) is 0.949. The van der Waals surface area contributed by atoms with Crippen molar-refractivity contribution in [2.24, 2.45) is 52.3 Å². The fourth-order valence-corrected chi connectivity index (χ4v) is 11.7. The van der Waals surface area contributed by atoms with E-state index in [0.717, 1.165) is 32.1 Å². The molecular weight excluding hydrogens is 692 g/mol. The molecule has 2 aliphatic heterocycles. The van der Waals surface area contributed by atoms with E-state index in [-0.39, 0.29) is 64.7 Å². The van der Waals surface area contributed by atoms with E-state index in [4.69, 9.17) is 18.9 Å². The second-order valence-electron chi connectivity index (χ2n) is 18.0. The first-order valence-corrected chi connectivity index (χ1v) is 20.0. The molecule has 6 rings (SSSR count). The Kier molecular flexibility index (Phi) is 12.8. The number of aliphatic hydroxyl groups excluding tert-OH is 8. The van der Waals surface area contributed by atoms with Crippen LogP contribution in [0.1, 0.15) is 91.9 Å². The van der Waals surface area contributed by atoms with Gasteiger partial charge in [-0.1, -0.05) is 27.7 Å². The summed E-state index contributed by atoms with van der Waals surface area (Å²) in [5.74, 6) is 1.32. The average molecular weight is 757 g/mol. The van der Waals surface area contributed by atoms with Crippen LogP contribution in [0.25, 0.3) is 0 Å². The Labute approximate surface area is 312 Å². The molecule has 53 heavy (non-hydrogen) atoms. The summed E-state index contributed by atoms with van der Waals surface area (Å²) < 4.78 is 22.9. The Hall–Kier alpha value is -1.14. The van der Waals surface area contributed by atoms with Gasteiger partial charge in [-0.05, 0) is 91.8 Å². The van der Waals surface area contributed by atoms with Crippen molar-refractivity contribution in [2.45, 2.75) is 159 Å². The van der Waals surface area contributed by atoms with Crippen LogP contribution in [0, 0.1) is 52.3 Å². The van der Waals surface area contributed by atoms with Gasteiger partial charge in [0.2, 0.25) is 0 Å². The van der Waals surface area contributed by atoms with Gasteiger partial charge in [0.1, 0.15) is 60.4 Å². The largest absolute Gasteiger partial charge is 0.394 e. The average Bonchev–Trinajstić information content (AvgIpc) is 3.50. The molecule has 0 amide bonds. The van der Waals surface area contributed by atoms with Gasteiger partial charge in [-0.15, -0.1) is 0 Å². The zero-order chi connectivity index (χ0) is 38.6. The molecule has 0 spiro atoms. The lowest BCUT2D eigenvalue weighted by atomic mass is 9.44. The molecule has 4 aliphatic carbocycles. The number of ketones is 2. The molecule has 0 bridgehead atoms. The van der Waals surface area contributed by atoms with Gasteiger partial charge in [0.25, 0.3) is 0 Å². The van der Waals surface area contributed by atoms with Gasteiger partial charge >= 0.3 is 0 Å². The molecule has 4 saturated carbocycles. The molecule has 8 N–H and O–H groups in total. The second-order valence-corrected chi connectivity index (χ2v) is 18.0. The molecular formula is C39H64O14. The Morgan fingerprint density at radius 3 is 2.02 bits per heavy atom. The molecule has 20 unspecified atom stereocenters. The Balaban J connectivity index is 1.02. The second kappa shape index (κ2) is 16.4. The third-order valence-corrected chi connectivity index (χ3v) is 15.0. The molecule has 0 aromatic rings. The van der Waals surface area contributed by atoms with E-state index in [2.05, 4.69) is 20.8 Å². The third kappa shape index (κ3) is 7.66. The predicted octanol–water partition coefficient (Wildman–Crippen LogP) is 0.447. The lowest BCUT2D eigenvalue weighted by Crippen LogP contribution is -2.61. The first kappa shape index (κ1) is 41.5. The molecule has 2 heterocycles. The fourth-order valence-electron chi connectivity index (χ4n) is 11.7. The molecule has 0 aromatic carbocycles. The maximum atomic E-state index is 14.0. The number of hydrogen-bond acceptors (Lipinski definition) is 14. The number of aliphatic hydroxyl groups is 8. The molecule has 14 nitrogen and oxygen atoms in total. The predicted molar refractivity (Wildman–Crippen MR) is 187 cm³/mol. The molecule has 304 valence electrons. The van der Waals surface area contributed by atoms with Crippen LogP contribution >= 0.6 is 0 Å². The van der Waals surface area contributed by atoms with Crippen molar-refractivity contribution in [3.63, 3.8) is 0 Å². The summed E-state index contributed by atoms with van der Waals surface area (Å²) in [6.45, 7) is 7.72. The van der Waals surface area contributed by atoms with Gasteiger partial charge < -0.3 is 59.8 Å². The summed E-state index contributed by atoms with van der Waals surface area (Å²) in [5.41, 5.74) is -0.231. The number of fused-ring (bicyclic) bond motifs is 5. The van der Waals surface area contributed by atoms with Crippen LogP contribution in [0.2, 0.25) is 0 Å². The number of ether oxygens (including phenoxy) is 4. The number of rotatable bonds is 12. The molecule has 6 fully saturated rings. The minimum atomic E-state index is -1.52. The van der Waals surface area contributed by atoms with Crippen LogP contribution in [0.3, 0.4) is 0 Å². The zero-order valence-electron chi connectivity index (χ0n) is 31.6. The first-order chi connectivity index (χ1) is 25.0. The maximum Gasteiger partial charge on any atom is 0.186 e. The van der Waals surface area contributed by atoms with Crippen molar-refractivity contribution in [1.82, 2.24) is 0 Å². The highest BCUT2D eigenvalue weighted by atomic mass is 16.7. The lowest BCUT2D eigenvalue weighted by Gasteiger charge is -2.60. The standard InChI is InChI=1S/C39H64O14/c1-18(17-50-36-34(48)32(46)30(44)28(15-40)52-36)5-8-26(42)19(2)22-6-7-23-21-14-27(43)25-13-20(9-11-39(25,4)24(21)10-12-38(22,23)3)51-37-35(49)33(47)31(45)29(16-41)53-37/h18-25,28-37,40-41,44-49H,5-17H2,1-4H3. The van der Waals surface area contributed by atoms with Crippen molar-refractivity contribution in [3.8, 4) is 0 Å². The highest BCUT2D eigenvalue weighted by Gasteiger charge is 2.63. The molecule has 14 heteroatoms. The Morgan fingerprint density at radius 1 is 0.792 bits per heavy atom. The van der Waals surface area contributed by atoms with Crippen molar-refractivity contribution >= 4 is 11.6 Å². The van der Waals surface area contributed by atoms with Crippen LogP contribution in [-0.2, 0) is 28.5 Å². The molecule has 0 radical (unpaired) electrons. The Morgan fingerprint density at radius 2 is 1.38 bits per heavy atom. The quantitative estimate of drug-likeness (QED) is 0.126. The minimum absolute atomic E-state index is 0.0407. The molecule has 0 aromatic heterocycles. The monoisotopic (exact) mass is 756 g/mol. The van der Waals surface area contributed by atoms with Crippen LogP contribution < -0.4 is 0 Å². The Bertz CT molecular complexity index is 1280. The number of carbonyl (C=O) groups is 2. The topological polar surface area (TPSA) is 233 Å². The van der Waals surface area contributed by atoms with Gasteiger partial charge in [-0.25, -0.2) is 0 Å². The molecule has 20 atom stereocenters. The highest BCUT2D eigenvalue weighted by Crippen LogP contribution is 2.68. The van der Waals surface area contributed by atoms with Crippen LogP contribution in [-0.4, -0.2) is 140 Å². The first-order valence-electron chi connectivity index (χ1n) is 20.0. The SMILES string of the molecule is CC(CCC(=O)C(C)C1CCC2C3CC(=O)C4CC(OC5OC(CO)C(O)C(O)C5O)CCC4(C)C3CCC12C)COC1OC(CO)C(O)C(O)C1O. The van der Waals surface area contributed by atoms with Crippen LogP contribution in [0.15, 0.2) is 0 Å². The normalized spacial score (nSPS) is 49.8. The van der Waals surface area contributed by atoms with E-state index in [1.165, 1.54) is 0 Å². The summed E-state index contributed by atoms with van der Waals surface area (Å²) >= 11 is 0. The van der Waals surface area contributed by atoms with E-state index < -0.39 is 74.6 Å². The van der Waals surface area contributed by atoms with E-state index >= 15 is 0 Å². The molecule has 2 saturated heterocycles. The van der Waals surface area contributed by atoms with Crippen LogP contribution in [0.4, 0.5) is 0 Å². The smallest absolute Gasteiger partial charge is 0.186 e. The van der Waals surface area contributed by atoms with E-state index in [0.29, 0.717) is 43.9 Å². The van der Waals surface area contributed by atoms with Gasteiger partial charge in [0.15, 0.2) is 12.6 Å². The van der Waals surface area contributed by atoms with E-state index in [1.807, 2.05) is 6.92 Å². The third-order valence-electron chi connectivity index (χ3n) is 15.0. The van der Waals surface area contributed by atoms with Gasteiger partial charge in [0, 0.05) is 24.7 Å². The van der Waals surface area contributed by atoms with E-state index in [1.54, 1.807) is 0 Å². The minimum Gasteiger partial charge on any atom is -0.394 e. The number of hydrogen-bond donors (Lipinski definition) is 8. The van der Waals surface area contributed by atoms with Crippen molar-refractivity contribution < 1.29 is 69.4 Å². The van der Waals surface area contributed by atoms with Gasteiger partial charge in [0.05, 0.1) is 25.9 Å². The number of carbonyl (C=O) groups excluding carboxylic acids is 2. The van der Waals surface area contributed by atoms with Crippen molar-refractivity contribution in [2.75, 3.05) is 19.8 Å². The van der Waals surface area contributed by atoms with Crippen molar-refractivity contribution in [3.05, 3.63) is 0 Å². The van der Waals surface area contributed by atoms with Crippen LogP contribution in [0.5, 0.6) is 0 Å². The number of Topliss-reactive ketones (excluding diaryl/α,β-unsaturated/α-hetero) is 2.